The van der Waals surface area contributed by atoms with Crippen LogP contribution in [0.3, 0.4) is 0 Å². The van der Waals surface area contributed by atoms with Crippen molar-refractivity contribution in [1.29, 1.82) is 0 Å². The van der Waals surface area contributed by atoms with Crippen molar-refractivity contribution in [1.82, 2.24) is 0 Å². The lowest BCUT2D eigenvalue weighted by molar-refractivity contribution is 0.0968. The Morgan fingerprint density at radius 2 is 1.51 bits per heavy atom. The number of anilines is 3. The van der Waals surface area contributed by atoms with Crippen LogP contribution in [0.15, 0.2) is 126 Å². The number of carbonyl (C=O) groups excluding carboxylic acids is 1. The van der Waals surface area contributed by atoms with E-state index in [2.05, 4.69) is 59.9 Å². The van der Waals surface area contributed by atoms with Crippen molar-refractivity contribution in [2.24, 2.45) is 0 Å². The fraction of sp³-hybridized carbons (Fsp3) is 0.205. The molecular formula is C39H39N3O4S. The van der Waals surface area contributed by atoms with Crippen molar-refractivity contribution < 1.29 is 17.9 Å². The Kier molecular flexibility index (Phi) is 9.05. The molecule has 0 saturated carbocycles. The first-order valence-electron chi connectivity index (χ1n) is 15.8. The summed E-state index contributed by atoms with van der Waals surface area (Å²) in [7, 11) is -3.99. The number of hydrogen-bond acceptors (Lipinski definition) is 5. The van der Waals surface area contributed by atoms with E-state index in [1.165, 1.54) is 11.6 Å². The van der Waals surface area contributed by atoms with E-state index < -0.39 is 16.2 Å². The van der Waals surface area contributed by atoms with Crippen molar-refractivity contribution in [2.45, 2.75) is 51.2 Å². The average Bonchev–Trinajstić information content (AvgIpc) is 3.08. The predicted molar refractivity (Wildman–Crippen MR) is 189 cm³/mol. The Bertz CT molecular complexity index is 1960. The SMILES string of the molecule is CCOc1ccc(N2C(=O)c3cc(S(=O)(=O)Nc4ccc(C)cc4)ccc3N(Cc3ccccc3)[C@@H]2c2ccc(C(C)C)cc2)cc1. The van der Waals surface area contributed by atoms with Crippen LogP contribution in [0.2, 0.25) is 0 Å². The highest BCUT2D eigenvalue weighted by Gasteiger charge is 2.40. The zero-order chi connectivity index (χ0) is 33.1. The van der Waals surface area contributed by atoms with Gasteiger partial charge in [-0.3, -0.25) is 14.4 Å². The van der Waals surface area contributed by atoms with Gasteiger partial charge in [0.1, 0.15) is 11.9 Å². The second kappa shape index (κ2) is 13.3. The van der Waals surface area contributed by atoms with Crippen molar-refractivity contribution in [3.05, 3.63) is 149 Å². The van der Waals surface area contributed by atoms with Crippen molar-refractivity contribution in [2.75, 3.05) is 21.1 Å². The van der Waals surface area contributed by atoms with Gasteiger partial charge in [0.25, 0.3) is 15.9 Å². The maximum Gasteiger partial charge on any atom is 0.262 e. The van der Waals surface area contributed by atoms with Gasteiger partial charge < -0.3 is 9.64 Å². The number of hydrogen-bond donors (Lipinski definition) is 1. The van der Waals surface area contributed by atoms with Crippen molar-refractivity contribution in [3.63, 3.8) is 0 Å². The fourth-order valence-corrected chi connectivity index (χ4v) is 7.00. The molecule has 0 unspecified atom stereocenters. The first-order valence-corrected chi connectivity index (χ1v) is 17.3. The molecule has 0 spiro atoms. The Morgan fingerprint density at radius 3 is 2.15 bits per heavy atom. The van der Waals surface area contributed by atoms with Crippen LogP contribution in [0.5, 0.6) is 5.75 Å². The minimum Gasteiger partial charge on any atom is -0.494 e. The van der Waals surface area contributed by atoms with Gasteiger partial charge in [-0.15, -0.1) is 0 Å². The van der Waals surface area contributed by atoms with Crippen LogP contribution >= 0.6 is 0 Å². The normalized spacial score (nSPS) is 14.7. The standard InChI is InChI=1S/C39H39N3O4S/c1-5-46-34-21-19-33(20-22-34)42-38(31-15-13-30(14-16-31)27(2)3)41(26-29-9-7-6-8-10-29)37-24-23-35(25-36(37)39(42)43)47(44,45)40-32-17-11-28(4)12-18-32/h6-25,27,38,40H,5,26H2,1-4H3/t38-/m0/s1. The first kappa shape index (κ1) is 31.9. The summed E-state index contributed by atoms with van der Waals surface area (Å²) in [5.41, 5.74) is 6.31. The molecule has 240 valence electrons. The first-order chi connectivity index (χ1) is 22.6. The number of sulfonamides is 1. The predicted octanol–water partition coefficient (Wildman–Crippen LogP) is 8.68. The number of rotatable bonds is 10. The zero-order valence-electron chi connectivity index (χ0n) is 27.1. The highest BCUT2D eigenvalue weighted by atomic mass is 32.2. The third-order valence-corrected chi connectivity index (χ3v) is 9.78. The molecule has 1 aliphatic heterocycles. The molecule has 47 heavy (non-hydrogen) atoms. The number of carbonyl (C=O) groups is 1. The molecule has 1 aliphatic rings. The molecule has 7 nitrogen and oxygen atoms in total. The molecule has 1 amide bonds. The van der Waals surface area contributed by atoms with E-state index in [1.807, 2.05) is 68.4 Å². The molecular weight excluding hydrogens is 607 g/mol. The summed E-state index contributed by atoms with van der Waals surface area (Å²) in [6.45, 7) is 9.19. The minimum absolute atomic E-state index is 0.0104. The number of fused-ring (bicyclic) bond motifs is 1. The molecule has 1 atom stereocenters. The number of nitrogens with zero attached hydrogens (tertiary/aromatic N) is 2. The maximum atomic E-state index is 14.7. The van der Waals surface area contributed by atoms with Crippen molar-refractivity contribution >= 4 is 33.0 Å². The summed E-state index contributed by atoms with van der Waals surface area (Å²) < 4.78 is 35.6. The molecule has 0 fully saturated rings. The molecule has 1 heterocycles. The number of benzene rings is 5. The Labute approximate surface area is 277 Å². The molecule has 6 rings (SSSR count). The van der Waals surface area contributed by atoms with Crippen molar-refractivity contribution in [3.8, 4) is 5.75 Å². The van der Waals surface area contributed by atoms with E-state index in [0.29, 0.717) is 47.4 Å². The summed E-state index contributed by atoms with van der Waals surface area (Å²) in [5.74, 6) is 0.767. The lowest BCUT2D eigenvalue weighted by Gasteiger charge is -2.46. The van der Waals surface area contributed by atoms with Crippen LogP contribution < -0.4 is 19.3 Å². The van der Waals surface area contributed by atoms with Crippen LogP contribution in [-0.2, 0) is 16.6 Å². The van der Waals surface area contributed by atoms with Gasteiger partial charge in [0.2, 0.25) is 0 Å². The molecule has 0 aromatic heterocycles. The molecule has 1 N–H and O–H groups in total. The molecule has 0 radical (unpaired) electrons. The van der Waals surface area contributed by atoms with E-state index in [4.69, 9.17) is 4.74 Å². The van der Waals surface area contributed by atoms with Gasteiger partial charge in [-0.2, -0.15) is 0 Å². The zero-order valence-corrected chi connectivity index (χ0v) is 27.9. The summed E-state index contributed by atoms with van der Waals surface area (Å²) >= 11 is 0. The van der Waals surface area contributed by atoms with Gasteiger partial charge in [0.05, 0.1) is 22.8 Å². The van der Waals surface area contributed by atoms with E-state index in [9.17, 15) is 13.2 Å². The topological polar surface area (TPSA) is 78.9 Å². The number of nitrogens with one attached hydrogen (secondary N) is 1. The number of ether oxygens (including phenoxy) is 1. The Hall–Kier alpha value is -5.08. The molecule has 5 aromatic carbocycles. The number of amides is 1. The smallest absolute Gasteiger partial charge is 0.262 e. The van der Waals surface area contributed by atoms with E-state index in [-0.39, 0.29) is 10.8 Å². The fourth-order valence-electron chi connectivity index (χ4n) is 5.91. The quantitative estimate of drug-likeness (QED) is 0.164. The van der Waals surface area contributed by atoms with Gasteiger partial charge >= 0.3 is 0 Å². The second-order valence-electron chi connectivity index (χ2n) is 12.1. The molecule has 0 aliphatic carbocycles. The maximum absolute atomic E-state index is 14.7. The van der Waals surface area contributed by atoms with Crippen LogP contribution in [0, 0.1) is 6.92 Å². The van der Waals surface area contributed by atoms with Gasteiger partial charge in [-0.05, 0) is 91.1 Å². The van der Waals surface area contributed by atoms with Crippen LogP contribution in [0.1, 0.15) is 65.5 Å². The second-order valence-corrected chi connectivity index (χ2v) is 13.7. The van der Waals surface area contributed by atoms with Gasteiger partial charge in [0, 0.05) is 17.9 Å². The van der Waals surface area contributed by atoms with Gasteiger partial charge in [0.15, 0.2) is 0 Å². The van der Waals surface area contributed by atoms with Gasteiger partial charge in [-0.25, -0.2) is 8.42 Å². The average molecular weight is 646 g/mol. The summed E-state index contributed by atoms with van der Waals surface area (Å²) in [5, 5.41) is 0. The van der Waals surface area contributed by atoms with E-state index in [1.54, 1.807) is 29.2 Å². The third-order valence-electron chi connectivity index (χ3n) is 8.40. The molecule has 8 heteroatoms. The third kappa shape index (κ3) is 6.74. The van der Waals surface area contributed by atoms with E-state index in [0.717, 1.165) is 16.7 Å². The Balaban J connectivity index is 1.51. The van der Waals surface area contributed by atoms with Gasteiger partial charge in [-0.1, -0.05) is 86.1 Å². The number of aryl methyl sites for hydroxylation is 1. The Morgan fingerprint density at radius 1 is 0.830 bits per heavy atom. The lowest BCUT2D eigenvalue weighted by Crippen LogP contribution is -2.49. The highest BCUT2D eigenvalue weighted by Crippen LogP contribution is 2.43. The minimum atomic E-state index is -3.99. The van der Waals surface area contributed by atoms with Crippen LogP contribution in [0.4, 0.5) is 17.1 Å². The largest absolute Gasteiger partial charge is 0.494 e. The van der Waals surface area contributed by atoms with E-state index >= 15 is 0 Å². The monoisotopic (exact) mass is 645 g/mol. The summed E-state index contributed by atoms with van der Waals surface area (Å²) in [4.78, 5) is 18.7. The van der Waals surface area contributed by atoms with Crippen LogP contribution in [0.25, 0.3) is 0 Å². The summed E-state index contributed by atoms with van der Waals surface area (Å²) in [6.07, 6.45) is -0.512. The highest BCUT2D eigenvalue weighted by molar-refractivity contribution is 7.92. The molecule has 0 saturated heterocycles. The molecule has 0 bridgehead atoms. The van der Waals surface area contributed by atoms with Crippen LogP contribution in [-0.4, -0.2) is 20.9 Å². The summed E-state index contributed by atoms with van der Waals surface area (Å²) in [6, 6.07) is 37.9. The molecule has 5 aromatic rings. The lowest BCUT2D eigenvalue weighted by atomic mass is 9.96.